The molecule has 12 aromatic rings. The van der Waals surface area contributed by atoms with Gasteiger partial charge in [-0.3, -0.25) is 52.8 Å². The van der Waals surface area contributed by atoms with E-state index in [1.807, 2.05) is 117 Å². The fourth-order valence-electron chi connectivity index (χ4n) is 16.1. The predicted octanol–water partition coefficient (Wildman–Crippen LogP) is 13.2. The van der Waals surface area contributed by atoms with Crippen molar-refractivity contribution in [2.45, 2.75) is 103 Å². The number of pyridine rings is 5. The van der Waals surface area contributed by atoms with Crippen molar-refractivity contribution in [3.63, 3.8) is 0 Å². The second-order valence-corrected chi connectivity index (χ2v) is 26.4. The van der Waals surface area contributed by atoms with Crippen LogP contribution in [0.15, 0.2) is 191 Å². The second kappa shape index (κ2) is 24.1. The lowest BCUT2D eigenvalue weighted by Crippen LogP contribution is -2.34. The molecule has 3 unspecified atom stereocenters. The van der Waals surface area contributed by atoms with Crippen molar-refractivity contribution in [3.8, 4) is 45.1 Å². The Hall–Kier alpha value is -9.67. The van der Waals surface area contributed by atoms with Crippen molar-refractivity contribution in [2.75, 3.05) is 32.7 Å². The SMILES string of the molecule is Cc1ccc(-c2ccn(-c3ccc4c5c(n(C)c4c3)CCN3CCCC53)c(=O)c2)cn1.Cc1ccc(-c2ccn(-c3ccc4c5c(n(C)c4c3)CCN3CCCC53)c(=O)c2)cn1.O=c1cc(OCc2ccccc2)ccn1-c1ccc2c3c([nH]c2c1)CC1CCCN1C3. The summed E-state index contributed by atoms with van der Waals surface area (Å²) >= 11 is 0. The zero-order valence-electron chi connectivity index (χ0n) is 53.4. The van der Waals surface area contributed by atoms with Gasteiger partial charge in [0.1, 0.15) is 12.4 Å². The Labute approximate surface area is 540 Å². The molecule has 15 heteroatoms. The molecule has 1 N–H and O–H groups in total. The van der Waals surface area contributed by atoms with Crippen LogP contribution in [0.5, 0.6) is 5.75 Å². The number of hydrogen-bond donors (Lipinski definition) is 1. The molecule has 8 aromatic heterocycles. The van der Waals surface area contributed by atoms with Crippen molar-refractivity contribution in [3.05, 3.63) is 258 Å². The van der Waals surface area contributed by atoms with Crippen LogP contribution in [0.3, 0.4) is 0 Å². The number of ether oxygens (including phenoxy) is 1. The molecule has 0 amide bonds. The number of hydrogen-bond acceptors (Lipinski definition) is 9. The molecule has 15 nitrogen and oxygen atoms in total. The van der Waals surface area contributed by atoms with Gasteiger partial charge in [0, 0.05) is 182 Å². The van der Waals surface area contributed by atoms with E-state index in [0.29, 0.717) is 30.5 Å². The van der Waals surface area contributed by atoms with E-state index in [9.17, 15) is 14.4 Å². The highest BCUT2D eigenvalue weighted by Crippen LogP contribution is 2.45. The van der Waals surface area contributed by atoms with E-state index in [0.717, 1.165) is 101 Å². The largest absolute Gasteiger partial charge is 0.489 e. The van der Waals surface area contributed by atoms with Gasteiger partial charge in [-0.1, -0.05) is 60.7 Å². The summed E-state index contributed by atoms with van der Waals surface area (Å²) in [5.74, 6) is 0.585. The Morgan fingerprint density at radius 3 is 1.56 bits per heavy atom. The summed E-state index contributed by atoms with van der Waals surface area (Å²) in [7, 11) is 4.34. The molecule has 3 saturated heterocycles. The molecule has 0 spiro atoms. The third-order valence-electron chi connectivity index (χ3n) is 20.9. The molecule has 468 valence electrons. The van der Waals surface area contributed by atoms with Crippen molar-refractivity contribution >= 4 is 32.7 Å². The lowest BCUT2D eigenvalue weighted by atomic mass is 9.96. The van der Waals surface area contributed by atoms with Crippen LogP contribution in [0.4, 0.5) is 0 Å². The van der Waals surface area contributed by atoms with Crippen LogP contribution >= 0.6 is 0 Å². The molecule has 0 saturated carbocycles. The van der Waals surface area contributed by atoms with Crippen molar-refractivity contribution in [1.29, 1.82) is 0 Å². The molecule has 0 bridgehead atoms. The van der Waals surface area contributed by atoms with Crippen LogP contribution in [0.1, 0.15) is 101 Å². The number of benzene rings is 4. The van der Waals surface area contributed by atoms with Crippen LogP contribution in [-0.2, 0) is 46.5 Å². The van der Waals surface area contributed by atoms with Gasteiger partial charge >= 0.3 is 0 Å². The summed E-state index contributed by atoms with van der Waals surface area (Å²) in [5, 5.41) is 3.96. The van der Waals surface area contributed by atoms with E-state index in [-0.39, 0.29) is 16.7 Å². The monoisotopic (exact) mass is 1230 g/mol. The van der Waals surface area contributed by atoms with Gasteiger partial charge in [0.05, 0.1) is 28.1 Å². The molecule has 4 aromatic carbocycles. The Bertz CT molecular complexity index is 4820. The number of H-pyrrole nitrogens is 1. The van der Waals surface area contributed by atoms with Gasteiger partial charge in [0.15, 0.2) is 0 Å². The summed E-state index contributed by atoms with van der Waals surface area (Å²) in [5.41, 5.74) is 21.6. The first-order chi connectivity index (χ1) is 45.4. The molecular weight excluding hydrogens is 1150 g/mol. The number of fused-ring (bicyclic) bond motifs is 14. The van der Waals surface area contributed by atoms with Crippen molar-refractivity contribution < 1.29 is 4.74 Å². The normalized spacial score (nSPS) is 18.3. The van der Waals surface area contributed by atoms with E-state index >= 15 is 0 Å². The number of nitrogens with zero attached hydrogens (tertiary/aromatic N) is 10. The van der Waals surface area contributed by atoms with E-state index in [2.05, 4.69) is 101 Å². The highest BCUT2D eigenvalue weighted by atomic mass is 16.5. The van der Waals surface area contributed by atoms with Crippen LogP contribution in [0, 0.1) is 13.8 Å². The fourth-order valence-corrected chi connectivity index (χ4v) is 16.1. The number of nitrogens with one attached hydrogen (secondary N) is 1. The van der Waals surface area contributed by atoms with Crippen LogP contribution in [0.2, 0.25) is 0 Å². The zero-order chi connectivity index (χ0) is 63.0. The summed E-state index contributed by atoms with van der Waals surface area (Å²) < 4.78 is 15.6. The molecule has 3 fully saturated rings. The molecule has 0 aliphatic carbocycles. The smallest absolute Gasteiger partial charge is 0.258 e. The van der Waals surface area contributed by atoms with Crippen LogP contribution in [-0.4, -0.2) is 91.3 Å². The molecule has 18 rings (SSSR count). The van der Waals surface area contributed by atoms with Gasteiger partial charge in [0.2, 0.25) is 0 Å². The minimum Gasteiger partial charge on any atom is -0.489 e. The maximum absolute atomic E-state index is 13.0. The van der Waals surface area contributed by atoms with E-state index < -0.39 is 0 Å². The lowest BCUT2D eigenvalue weighted by Gasteiger charge is -2.30. The first-order valence-electron chi connectivity index (χ1n) is 33.2. The topological polar surface area (TPSA) is 136 Å². The number of aromatic nitrogens is 8. The molecule has 6 aliphatic heterocycles. The molecule has 3 atom stereocenters. The summed E-state index contributed by atoms with van der Waals surface area (Å²) in [6, 6.07) is 49.7. The van der Waals surface area contributed by atoms with Crippen molar-refractivity contribution in [2.24, 2.45) is 14.1 Å². The maximum atomic E-state index is 13.0. The van der Waals surface area contributed by atoms with E-state index in [1.54, 1.807) is 38.1 Å². The van der Waals surface area contributed by atoms with Crippen LogP contribution < -0.4 is 21.4 Å². The number of aromatic amines is 1. The Morgan fingerprint density at radius 1 is 0.505 bits per heavy atom. The summed E-state index contributed by atoms with van der Waals surface area (Å²) in [6.45, 7) is 11.4. The molecule has 6 aliphatic rings. The van der Waals surface area contributed by atoms with Gasteiger partial charge in [0.25, 0.3) is 16.7 Å². The van der Waals surface area contributed by atoms with Gasteiger partial charge in [-0.15, -0.1) is 0 Å². The number of rotatable bonds is 8. The Balaban J connectivity index is 0.000000111. The minimum absolute atomic E-state index is 0.0293. The molecule has 0 radical (unpaired) electrons. The lowest BCUT2D eigenvalue weighted by molar-refractivity contribution is 0.227. The van der Waals surface area contributed by atoms with E-state index in [4.69, 9.17) is 4.74 Å². The Morgan fingerprint density at radius 2 is 1.02 bits per heavy atom. The minimum atomic E-state index is -0.0955. The predicted molar refractivity (Wildman–Crippen MR) is 369 cm³/mol. The first-order valence-corrected chi connectivity index (χ1v) is 33.2. The summed E-state index contributed by atoms with van der Waals surface area (Å²) in [4.78, 5) is 59.0. The van der Waals surface area contributed by atoms with E-state index in [1.165, 1.54) is 119 Å². The van der Waals surface area contributed by atoms with Gasteiger partial charge in [-0.2, -0.15) is 0 Å². The average Bonchev–Trinajstić information content (AvgIpc) is 1.60. The van der Waals surface area contributed by atoms with Crippen molar-refractivity contribution in [1.82, 2.24) is 52.5 Å². The molecular formula is C78H77N11O4. The first kappa shape index (κ1) is 58.4. The maximum Gasteiger partial charge on any atom is 0.258 e. The number of aryl methyl sites for hydroxylation is 4. The average molecular weight is 1230 g/mol. The third kappa shape index (κ3) is 10.8. The quantitative estimate of drug-likeness (QED) is 0.158. The molecule has 93 heavy (non-hydrogen) atoms. The zero-order valence-corrected chi connectivity index (χ0v) is 53.4. The van der Waals surface area contributed by atoms with Crippen LogP contribution in [0.25, 0.3) is 72.0 Å². The standard InChI is InChI=1S/2C26H26N4O.C26H25N3O2/c2*1-17-5-6-19(16-27-17)18-9-13-30(25(31)14-18)20-7-8-21-24(15-20)28(2)22-10-12-29-11-3-4-23(29)26(21)22;30-26-15-21(31-17-18-5-2-1-3-6-18)10-12-29(26)20-8-9-22-23-16-28-11-4-7-19(28)13-25(23)27-24(22)14-20/h2*5-9,13-16,23H,3-4,10-12H2,1-2H3;1-3,5-6,8-10,12,14-15,19,27H,4,7,11,13,16-17H2. The second-order valence-electron chi connectivity index (χ2n) is 26.4. The van der Waals surface area contributed by atoms with Gasteiger partial charge in [-0.25, -0.2) is 0 Å². The summed E-state index contributed by atoms with van der Waals surface area (Å²) in [6.07, 6.45) is 20.2. The highest BCUT2D eigenvalue weighted by Gasteiger charge is 2.37. The van der Waals surface area contributed by atoms with Gasteiger partial charge < -0.3 is 18.9 Å². The highest BCUT2D eigenvalue weighted by molar-refractivity contribution is 5.90. The fraction of sp³-hybridized carbons (Fsp3) is 0.295. The third-order valence-corrected chi connectivity index (χ3v) is 20.9. The molecule has 14 heterocycles. The van der Waals surface area contributed by atoms with Gasteiger partial charge in [-0.05, 0) is 172 Å². The Kier molecular flexibility index (Phi) is 15.1.